The van der Waals surface area contributed by atoms with Gasteiger partial charge in [0, 0.05) is 16.2 Å². The number of hydrogen-bond acceptors (Lipinski definition) is 3. The molecule has 2 atom stereocenters. The predicted octanol–water partition coefficient (Wildman–Crippen LogP) is 3.09. The summed E-state index contributed by atoms with van der Waals surface area (Å²) in [6.45, 7) is 2.27. The lowest BCUT2D eigenvalue weighted by Crippen LogP contribution is -2.26. The number of nitrogens with one attached hydrogen (secondary N) is 1. The van der Waals surface area contributed by atoms with Crippen molar-refractivity contribution in [3.8, 4) is 0 Å². The Balaban J connectivity index is 2.13. The molecule has 1 aliphatic carbocycles. The highest BCUT2D eigenvalue weighted by molar-refractivity contribution is 9.10. The van der Waals surface area contributed by atoms with Crippen LogP contribution in [0.25, 0.3) is 0 Å². The second kappa shape index (κ2) is 5.81. The number of anilines is 1. The first kappa shape index (κ1) is 14.8. The van der Waals surface area contributed by atoms with E-state index in [1.165, 1.54) is 18.9 Å². The van der Waals surface area contributed by atoms with Gasteiger partial charge in [0.25, 0.3) is 0 Å². The van der Waals surface area contributed by atoms with Gasteiger partial charge in [-0.25, -0.2) is 13.6 Å². The highest BCUT2D eigenvalue weighted by atomic mass is 79.9. The van der Waals surface area contributed by atoms with E-state index < -0.39 is 10.0 Å². The first-order valence-corrected chi connectivity index (χ1v) is 8.79. The zero-order valence-corrected chi connectivity index (χ0v) is 13.3. The zero-order chi connectivity index (χ0) is 14.0. The first-order valence-electron chi connectivity index (χ1n) is 6.45. The molecule has 19 heavy (non-hydrogen) atoms. The number of primary sulfonamides is 1. The molecule has 0 aromatic heterocycles. The van der Waals surface area contributed by atoms with Gasteiger partial charge in [-0.3, -0.25) is 0 Å². The Hall–Kier alpha value is -0.590. The highest BCUT2D eigenvalue weighted by Gasteiger charge is 2.19. The standard InChI is InChI=1S/C13H19BrN2O2S/c1-9-3-2-4-10(7-9)16-13-6-5-11(8-12(13)14)19(15,17)18/h5-6,8-10,16H,2-4,7H2,1H3,(H2,15,17,18). The van der Waals surface area contributed by atoms with Crippen LogP contribution in [0.15, 0.2) is 27.6 Å². The summed E-state index contributed by atoms with van der Waals surface area (Å²) in [5, 5.41) is 8.58. The number of hydrogen-bond donors (Lipinski definition) is 2. The van der Waals surface area contributed by atoms with Crippen molar-refractivity contribution in [2.45, 2.75) is 43.5 Å². The van der Waals surface area contributed by atoms with Crippen LogP contribution in [0.5, 0.6) is 0 Å². The summed E-state index contributed by atoms with van der Waals surface area (Å²) in [5.41, 5.74) is 0.923. The fraction of sp³-hybridized carbons (Fsp3) is 0.538. The van der Waals surface area contributed by atoms with Gasteiger partial charge in [-0.1, -0.05) is 19.8 Å². The van der Waals surface area contributed by atoms with E-state index in [1.54, 1.807) is 12.1 Å². The van der Waals surface area contributed by atoms with Gasteiger partial charge in [-0.2, -0.15) is 0 Å². The maximum atomic E-state index is 11.3. The van der Waals surface area contributed by atoms with E-state index >= 15 is 0 Å². The third kappa shape index (κ3) is 3.94. The third-order valence-corrected chi connectivity index (χ3v) is 5.13. The van der Waals surface area contributed by atoms with Gasteiger partial charge in [-0.15, -0.1) is 0 Å². The summed E-state index contributed by atoms with van der Waals surface area (Å²) in [7, 11) is -3.64. The molecule has 2 unspecified atom stereocenters. The third-order valence-electron chi connectivity index (χ3n) is 3.57. The summed E-state index contributed by atoms with van der Waals surface area (Å²) < 4.78 is 23.3. The van der Waals surface area contributed by atoms with Gasteiger partial charge in [0.15, 0.2) is 0 Å². The van der Waals surface area contributed by atoms with Gasteiger partial charge in [0.1, 0.15) is 0 Å². The van der Waals surface area contributed by atoms with Crippen LogP contribution >= 0.6 is 15.9 Å². The van der Waals surface area contributed by atoms with E-state index in [0.29, 0.717) is 6.04 Å². The van der Waals surface area contributed by atoms with Crippen LogP contribution in [0.3, 0.4) is 0 Å². The lowest BCUT2D eigenvalue weighted by atomic mass is 9.87. The molecule has 0 amide bonds. The quantitative estimate of drug-likeness (QED) is 0.883. The fourth-order valence-corrected chi connectivity index (χ4v) is 3.76. The Labute approximate surface area is 122 Å². The molecule has 106 valence electrons. The molecule has 4 nitrogen and oxygen atoms in total. The second-order valence-corrected chi connectivity index (χ2v) is 7.72. The van der Waals surface area contributed by atoms with Crippen LogP contribution in [0, 0.1) is 5.92 Å². The monoisotopic (exact) mass is 346 g/mol. The number of rotatable bonds is 3. The van der Waals surface area contributed by atoms with Crippen molar-refractivity contribution in [1.29, 1.82) is 0 Å². The molecule has 1 fully saturated rings. The van der Waals surface area contributed by atoms with Crippen molar-refractivity contribution in [2.75, 3.05) is 5.32 Å². The lowest BCUT2D eigenvalue weighted by molar-refractivity contribution is 0.358. The molecule has 0 saturated heterocycles. The average Bonchev–Trinajstić information content (AvgIpc) is 2.30. The maximum Gasteiger partial charge on any atom is 0.238 e. The Bertz CT molecular complexity index is 560. The molecular weight excluding hydrogens is 328 g/mol. The summed E-state index contributed by atoms with van der Waals surface area (Å²) in [4.78, 5) is 0.127. The SMILES string of the molecule is CC1CCCC(Nc2ccc(S(N)(=O)=O)cc2Br)C1. The Kier molecular flexibility index (Phi) is 4.53. The molecule has 3 N–H and O–H groups in total. The molecular formula is C13H19BrN2O2S. The molecule has 1 aromatic carbocycles. The molecule has 1 aliphatic rings. The van der Waals surface area contributed by atoms with E-state index in [9.17, 15) is 8.42 Å². The number of sulfonamides is 1. The van der Waals surface area contributed by atoms with E-state index in [-0.39, 0.29) is 4.90 Å². The minimum Gasteiger partial charge on any atom is -0.381 e. The fourth-order valence-electron chi connectivity index (χ4n) is 2.57. The van der Waals surface area contributed by atoms with Crippen molar-refractivity contribution < 1.29 is 8.42 Å². The number of halogens is 1. The normalized spacial score (nSPS) is 24.2. The van der Waals surface area contributed by atoms with Gasteiger partial charge in [-0.05, 0) is 52.9 Å². The smallest absolute Gasteiger partial charge is 0.238 e. The lowest BCUT2D eigenvalue weighted by Gasteiger charge is -2.28. The minimum absolute atomic E-state index is 0.127. The molecule has 0 bridgehead atoms. The molecule has 2 rings (SSSR count). The maximum absolute atomic E-state index is 11.3. The van der Waals surface area contributed by atoms with Crippen molar-refractivity contribution in [3.63, 3.8) is 0 Å². The highest BCUT2D eigenvalue weighted by Crippen LogP contribution is 2.30. The van der Waals surface area contributed by atoms with Crippen molar-refractivity contribution in [1.82, 2.24) is 0 Å². The molecule has 0 spiro atoms. The van der Waals surface area contributed by atoms with Crippen molar-refractivity contribution in [3.05, 3.63) is 22.7 Å². The molecule has 0 heterocycles. The Morgan fingerprint density at radius 2 is 2.11 bits per heavy atom. The molecule has 6 heteroatoms. The van der Waals surface area contributed by atoms with Gasteiger partial charge >= 0.3 is 0 Å². The van der Waals surface area contributed by atoms with Crippen LogP contribution in [0.2, 0.25) is 0 Å². The van der Waals surface area contributed by atoms with Gasteiger partial charge in [0.05, 0.1) is 4.90 Å². The van der Waals surface area contributed by atoms with Crippen LogP contribution in [0.4, 0.5) is 5.69 Å². The predicted molar refractivity (Wildman–Crippen MR) is 80.6 cm³/mol. The van der Waals surface area contributed by atoms with E-state index in [4.69, 9.17) is 5.14 Å². The Morgan fingerprint density at radius 3 is 2.68 bits per heavy atom. The topological polar surface area (TPSA) is 72.2 Å². The van der Waals surface area contributed by atoms with Crippen LogP contribution in [-0.4, -0.2) is 14.5 Å². The van der Waals surface area contributed by atoms with E-state index in [1.807, 2.05) is 0 Å². The van der Waals surface area contributed by atoms with Crippen molar-refractivity contribution >= 4 is 31.6 Å². The largest absolute Gasteiger partial charge is 0.381 e. The van der Waals surface area contributed by atoms with Gasteiger partial charge in [0.2, 0.25) is 10.0 Å². The summed E-state index contributed by atoms with van der Waals surface area (Å²) >= 11 is 3.40. The minimum atomic E-state index is -3.64. The molecule has 0 radical (unpaired) electrons. The van der Waals surface area contributed by atoms with Crippen molar-refractivity contribution in [2.24, 2.45) is 11.1 Å². The molecule has 0 aliphatic heterocycles. The van der Waals surface area contributed by atoms with E-state index in [2.05, 4.69) is 28.2 Å². The summed E-state index contributed by atoms with van der Waals surface area (Å²) in [6, 6.07) is 5.31. The second-order valence-electron chi connectivity index (χ2n) is 5.30. The molecule has 1 aromatic rings. The Morgan fingerprint density at radius 1 is 1.37 bits per heavy atom. The summed E-state index contributed by atoms with van der Waals surface area (Å²) in [6.07, 6.45) is 4.85. The van der Waals surface area contributed by atoms with Gasteiger partial charge < -0.3 is 5.32 Å². The summed E-state index contributed by atoms with van der Waals surface area (Å²) in [5.74, 6) is 0.744. The van der Waals surface area contributed by atoms with Crippen LogP contribution < -0.4 is 10.5 Å². The average molecular weight is 347 g/mol. The van der Waals surface area contributed by atoms with E-state index in [0.717, 1.165) is 28.9 Å². The number of benzene rings is 1. The number of nitrogens with two attached hydrogens (primary N) is 1. The molecule has 1 saturated carbocycles. The first-order chi connectivity index (χ1) is 8.86. The van der Waals surface area contributed by atoms with Crippen LogP contribution in [0.1, 0.15) is 32.6 Å². The van der Waals surface area contributed by atoms with Crippen LogP contribution in [-0.2, 0) is 10.0 Å². The zero-order valence-electron chi connectivity index (χ0n) is 10.9.